The van der Waals surface area contributed by atoms with Crippen molar-refractivity contribution in [1.29, 1.82) is 0 Å². The van der Waals surface area contributed by atoms with Gasteiger partial charge in [0.15, 0.2) is 0 Å². The SMILES string of the molecule is COC(=O)c1ccc(C(=O)Nc2ccc(Cl)cc2)cc1N(C)C(=O)C1Sc2ccccc2C1Cl. The molecule has 0 saturated heterocycles. The molecule has 9 heteroatoms. The van der Waals surface area contributed by atoms with Gasteiger partial charge >= 0.3 is 5.97 Å². The Balaban J connectivity index is 1.63. The highest BCUT2D eigenvalue weighted by atomic mass is 35.5. The molecular formula is C25H20Cl2N2O4S. The van der Waals surface area contributed by atoms with Gasteiger partial charge in [-0.05, 0) is 54.1 Å². The predicted molar refractivity (Wildman–Crippen MR) is 135 cm³/mol. The summed E-state index contributed by atoms with van der Waals surface area (Å²) in [6, 6.07) is 18.7. The number of benzene rings is 3. The Morgan fingerprint density at radius 3 is 2.41 bits per heavy atom. The standard InChI is InChI=1S/C25H20Cl2N2O4S/c1-29(24(31)22-21(27)18-5-3-4-6-20(18)34-22)19-13-14(7-12-17(19)25(32)33-2)23(30)28-16-10-8-15(26)9-11-16/h3-13,21-22H,1-2H3,(H,28,30). The molecule has 1 aliphatic rings. The van der Waals surface area contributed by atoms with Gasteiger partial charge in [-0.2, -0.15) is 0 Å². The van der Waals surface area contributed by atoms with E-state index in [2.05, 4.69) is 5.32 Å². The highest BCUT2D eigenvalue weighted by Gasteiger charge is 2.39. The third kappa shape index (κ3) is 4.78. The van der Waals surface area contributed by atoms with Crippen LogP contribution in [-0.2, 0) is 9.53 Å². The average Bonchev–Trinajstić information content (AvgIpc) is 3.20. The van der Waals surface area contributed by atoms with Crippen molar-refractivity contribution in [2.45, 2.75) is 15.5 Å². The molecule has 3 aromatic rings. The van der Waals surface area contributed by atoms with Gasteiger partial charge in [0.25, 0.3) is 5.91 Å². The van der Waals surface area contributed by atoms with Crippen molar-refractivity contribution in [1.82, 2.24) is 0 Å². The van der Waals surface area contributed by atoms with Crippen LogP contribution in [0.25, 0.3) is 0 Å². The third-order valence-corrected chi connectivity index (χ3v) is 7.68. The lowest BCUT2D eigenvalue weighted by Crippen LogP contribution is -2.36. The Morgan fingerprint density at radius 2 is 1.74 bits per heavy atom. The van der Waals surface area contributed by atoms with Crippen LogP contribution in [0.5, 0.6) is 0 Å². The lowest BCUT2D eigenvalue weighted by Gasteiger charge is -2.24. The maximum Gasteiger partial charge on any atom is 0.339 e. The Bertz CT molecular complexity index is 1270. The molecule has 1 heterocycles. The summed E-state index contributed by atoms with van der Waals surface area (Å²) >= 11 is 13.9. The van der Waals surface area contributed by atoms with Crippen molar-refractivity contribution in [2.75, 3.05) is 24.4 Å². The molecule has 3 aromatic carbocycles. The molecule has 0 spiro atoms. The summed E-state index contributed by atoms with van der Waals surface area (Å²) in [4.78, 5) is 41.0. The van der Waals surface area contributed by atoms with E-state index in [0.29, 0.717) is 10.7 Å². The van der Waals surface area contributed by atoms with Crippen LogP contribution in [0.2, 0.25) is 5.02 Å². The summed E-state index contributed by atoms with van der Waals surface area (Å²) < 4.78 is 4.89. The van der Waals surface area contributed by atoms with Crippen molar-refractivity contribution in [3.8, 4) is 0 Å². The fourth-order valence-electron chi connectivity index (χ4n) is 3.63. The number of carbonyl (C=O) groups excluding carboxylic acids is 3. The number of thioether (sulfide) groups is 1. The zero-order valence-electron chi connectivity index (χ0n) is 18.2. The van der Waals surface area contributed by atoms with Gasteiger partial charge in [0, 0.05) is 28.2 Å². The monoisotopic (exact) mass is 514 g/mol. The van der Waals surface area contributed by atoms with Crippen LogP contribution in [0.1, 0.15) is 31.7 Å². The van der Waals surface area contributed by atoms with Gasteiger partial charge in [0.1, 0.15) is 5.25 Å². The predicted octanol–water partition coefficient (Wildman–Crippen LogP) is 5.80. The number of hydrogen-bond acceptors (Lipinski definition) is 5. The van der Waals surface area contributed by atoms with Crippen LogP contribution < -0.4 is 10.2 Å². The first-order valence-corrected chi connectivity index (χ1v) is 12.0. The Labute approximate surface area is 211 Å². The number of esters is 1. The van der Waals surface area contributed by atoms with Gasteiger partial charge in [-0.25, -0.2) is 4.79 Å². The minimum absolute atomic E-state index is 0.160. The highest BCUT2D eigenvalue weighted by molar-refractivity contribution is 8.01. The van der Waals surface area contributed by atoms with E-state index in [1.54, 1.807) is 31.3 Å². The van der Waals surface area contributed by atoms with Crippen LogP contribution in [-0.4, -0.2) is 37.2 Å². The second-order valence-corrected chi connectivity index (χ2v) is 9.65. The van der Waals surface area contributed by atoms with Crippen molar-refractivity contribution >= 4 is 64.1 Å². The number of fused-ring (bicyclic) bond motifs is 1. The molecular weight excluding hydrogens is 495 g/mol. The van der Waals surface area contributed by atoms with E-state index >= 15 is 0 Å². The molecule has 0 radical (unpaired) electrons. The van der Waals surface area contributed by atoms with Crippen LogP contribution in [0, 0.1) is 0 Å². The van der Waals surface area contributed by atoms with Crippen LogP contribution in [0.4, 0.5) is 11.4 Å². The van der Waals surface area contributed by atoms with Crippen LogP contribution in [0.3, 0.4) is 0 Å². The van der Waals surface area contributed by atoms with E-state index in [9.17, 15) is 14.4 Å². The fourth-order valence-corrected chi connectivity index (χ4v) is 5.56. The first-order chi connectivity index (χ1) is 16.3. The van der Waals surface area contributed by atoms with E-state index in [-0.39, 0.29) is 22.7 Å². The quantitative estimate of drug-likeness (QED) is 0.344. The number of hydrogen-bond donors (Lipinski definition) is 1. The number of rotatable bonds is 5. The number of amides is 2. The van der Waals surface area contributed by atoms with Crippen LogP contribution >= 0.6 is 35.0 Å². The molecule has 4 rings (SSSR count). The fraction of sp³-hybridized carbons (Fsp3) is 0.160. The molecule has 34 heavy (non-hydrogen) atoms. The number of halogens is 2. The normalized spacial score (nSPS) is 16.5. The third-order valence-electron chi connectivity index (χ3n) is 5.44. The summed E-state index contributed by atoms with van der Waals surface area (Å²) in [6.45, 7) is 0. The second kappa shape index (κ2) is 10.1. The summed E-state index contributed by atoms with van der Waals surface area (Å²) in [5, 5.41) is 2.22. The second-order valence-electron chi connectivity index (χ2n) is 7.56. The summed E-state index contributed by atoms with van der Waals surface area (Å²) in [5.74, 6) is -1.32. The number of alkyl halides is 1. The molecule has 2 unspecified atom stereocenters. The molecule has 0 fully saturated rings. The molecule has 2 amide bonds. The number of anilines is 2. The number of nitrogens with one attached hydrogen (secondary N) is 1. The maximum absolute atomic E-state index is 13.4. The molecule has 1 aliphatic heterocycles. The molecule has 2 atom stereocenters. The van der Waals surface area contributed by atoms with Gasteiger partial charge in [-0.3, -0.25) is 9.59 Å². The van der Waals surface area contributed by atoms with E-state index in [1.165, 1.54) is 42.0 Å². The summed E-state index contributed by atoms with van der Waals surface area (Å²) in [5.41, 5.74) is 2.13. The molecule has 0 aromatic heterocycles. The molecule has 174 valence electrons. The Hall–Kier alpha value is -3.00. The molecule has 1 N–H and O–H groups in total. The first-order valence-electron chi connectivity index (χ1n) is 10.3. The van der Waals surface area contributed by atoms with Gasteiger partial charge in [0.2, 0.25) is 5.91 Å². The van der Waals surface area contributed by atoms with Crippen molar-refractivity contribution in [3.05, 3.63) is 88.4 Å². The average molecular weight is 515 g/mol. The minimum atomic E-state index is -0.621. The summed E-state index contributed by atoms with van der Waals surface area (Å²) in [6.07, 6.45) is 0. The van der Waals surface area contributed by atoms with E-state index in [1.807, 2.05) is 24.3 Å². The van der Waals surface area contributed by atoms with Crippen molar-refractivity contribution < 1.29 is 19.1 Å². The van der Waals surface area contributed by atoms with E-state index in [4.69, 9.17) is 27.9 Å². The van der Waals surface area contributed by atoms with E-state index in [0.717, 1.165) is 10.5 Å². The van der Waals surface area contributed by atoms with Gasteiger partial charge in [-0.15, -0.1) is 23.4 Å². The lowest BCUT2D eigenvalue weighted by molar-refractivity contribution is -0.117. The van der Waals surface area contributed by atoms with Crippen LogP contribution in [0.15, 0.2) is 71.6 Å². The first kappa shape index (κ1) is 24.1. The van der Waals surface area contributed by atoms with Crippen molar-refractivity contribution in [3.63, 3.8) is 0 Å². The largest absolute Gasteiger partial charge is 0.465 e. The van der Waals surface area contributed by atoms with Crippen molar-refractivity contribution in [2.24, 2.45) is 0 Å². The minimum Gasteiger partial charge on any atom is -0.465 e. The summed E-state index contributed by atoms with van der Waals surface area (Å²) in [7, 11) is 2.81. The molecule has 0 bridgehead atoms. The Kier molecular flexibility index (Phi) is 7.16. The number of methoxy groups -OCH3 is 1. The number of ether oxygens (including phenoxy) is 1. The smallest absolute Gasteiger partial charge is 0.339 e. The number of carbonyl (C=O) groups is 3. The Morgan fingerprint density at radius 1 is 1.03 bits per heavy atom. The zero-order chi connectivity index (χ0) is 24.4. The van der Waals surface area contributed by atoms with Gasteiger partial charge in [0.05, 0.1) is 23.7 Å². The highest BCUT2D eigenvalue weighted by Crippen LogP contribution is 2.48. The molecule has 0 saturated carbocycles. The van der Waals surface area contributed by atoms with E-state index < -0.39 is 22.5 Å². The lowest BCUT2D eigenvalue weighted by atomic mass is 10.1. The maximum atomic E-state index is 13.4. The topological polar surface area (TPSA) is 75.7 Å². The zero-order valence-corrected chi connectivity index (χ0v) is 20.6. The van der Waals surface area contributed by atoms with Gasteiger partial charge < -0.3 is 15.0 Å². The molecule has 6 nitrogen and oxygen atoms in total. The van der Waals surface area contributed by atoms with Gasteiger partial charge in [-0.1, -0.05) is 29.8 Å². The number of nitrogens with zero attached hydrogens (tertiary/aromatic N) is 1. The molecule has 0 aliphatic carbocycles.